The van der Waals surface area contributed by atoms with Crippen LogP contribution in [-0.4, -0.2) is 69.2 Å². The van der Waals surface area contributed by atoms with Crippen LogP contribution in [0.4, 0.5) is 18.9 Å². The van der Waals surface area contributed by atoms with Gasteiger partial charge in [-0.1, -0.05) is 11.6 Å². The molecule has 2 heterocycles. The van der Waals surface area contributed by atoms with Gasteiger partial charge < -0.3 is 20.5 Å². The van der Waals surface area contributed by atoms with Gasteiger partial charge in [0.25, 0.3) is 5.91 Å². The van der Waals surface area contributed by atoms with Crippen LogP contribution >= 0.6 is 11.6 Å². The maximum absolute atomic E-state index is 14.6. The van der Waals surface area contributed by atoms with Crippen molar-refractivity contribution in [3.8, 4) is 0 Å². The lowest BCUT2D eigenvalue weighted by Gasteiger charge is -2.37. The number of hydrogen-bond donors (Lipinski definition) is 2. The first kappa shape index (κ1) is 27.0. The number of halogens is 4. The van der Waals surface area contributed by atoms with Crippen molar-refractivity contribution in [1.29, 1.82) is 5.41 Å². The van der Waals surface area contributed by atoms with Crippen molar-refractivity contribution in [2.45, 2.75) is 19.4 Å². The number of sulfone groups is 1. The SMILES string of the molecule is CN/C(=C1/CCN(C(=O)c2cc(F)cc(N3CCS(=O)(=O)CC3)c2Cl)[C@@H](C)C1=N)c1cc(F)cc(F)c1. The highest BCUT2D eigenvalue weighted by Gasteiger charge is 2.34. The van der Waals surface area contributed by atoms with Crippen molar-refractivity contribution in [2.24, 2.45) is 0 Å². The molecule has 0 aromatic heterocycles. The molecule has 2 saturated heterocycles. The van der Waals surface area contributed by atoms with Crippen LogP contribution in [0.2, 0.25) is 5.02 Å². The number of hydrogen-bond acceptors (Lipinski definition) is 6. The smallest absolute Gasteiger partial charge is 0.256 e. The lowest BCUT2D eigenvalue weighted by molar-refractivity contribution is 0.0728. The number of likely N-dealkylation sites (tertiary alicyclic amines) is 1. The Morgan fingerprint density at radius 3 is 2.22 bits per heavy atom. The number of nitrogens with one attached hydrogen (secondary N) is 2. The molecule has 2 aromatic rings. The molecular weight excluding hydrogens is 529 g/mol. The van der Waals surface area contributed by atoms with E-state index in [0.717, 1.165) is 24.3 Å². The Morgan fingerprint density at radius 2 is 1.62 bits per heavy atom. The molecule has 0 aliphatic carbocycles. The second kappa shape index (κ2) is 10.4. The van der Waals surface area contributed by atoms with E-state index >= 15 is 0 Å². The van der Waals surface area contributed by atoms with Gasteiger partial charge in [0, 0.05) is 49.6 Å². The maximum Gasteiger partial charge on any atom is 0.256 e. The van der Waals surface area contributed by atoms with E-state index < -0.39 is 39.2 Å². The van der Waals surface area contributed by atoms with Gasteiger partial charge in [-0.25, -0.2) is 21.6 Å². The van der Waals surface area contributed by atoms with Crippen molar-refractivity contribution < 1.29 is 26.4 Å². The molecule has 1 atom stereocenters. The van der Waals surface area contributed by atoms with E-state index in [-0.39, 0.29) is 65.1 Å². The van der Waals surface area contributed by atoms with Gasteiger partial charge >= 0.3 is 0 Å². The number of rotatable bonds is 4. The van der Waals surface area contributed by atoms with Gasteiger partial charge in [0.15, 0.2) is 9.84 Å². The maximum atomic E-state index is 14.6. The molecule has 12 heteroatoms. The standard InChI is InChI=1S/C25H26ClF3N4O3S/c1-14-23(30)19(24(31-2)15-9-16(27)11-17(28)10-15)3-4-33(14)25(34)20-12-18(29)13-21(22(20)26)32-5-7-37(35,36)8-6-32/h9-14,30-31H,3-8H2,1-2H3/b24-19-,30-23?/t14-/m0/s1. The first-order chi connectivity index (χ1) is 17.4. The predicted molar refractivity (Wildman–Crippen MR) is 137 cm³/mol. The molecule has 2 N–H and O–H groups in total. The minimum absolute atomic E-state index is 0.0110. The van der Waals surface area contributed by atoms with Crippen LogP contribution in [0.15, 0.2) is 35.9 Å². The quantitative estimate of drug-likeness (QED) is 0.598. The minimum Gasteiger partial charge on any atom is -0.387 e. The topological polar surface area (TPSA) is 93.6 Å². The summed E-state index contributed by atoms with van der Waals surface area (Å²) in [5, 5.41) is 11.6. The number of amides is 1. The predicted octanol–water partition coefficient (Wildman–Crippen LogP) is 3.88. The molecule has 0 spiro atoms. The Kier molecular flexibility index (Phi) is 7.57. The molecular formula is C25H26ClF3N4O3S. The highest BCUT2D eigenvalue weighted by atomic mass is 35.5. The third kappa shape index (κ3) is 5.47. The normalized spacial score (nSPS) is 21.1. The van der Waals surface area contributed by atoms with Crippen LogP contribution in [0.5, 0.6) is 0 Å². The number of anilines is 1. The Labute approximate surface area is 218 Å². The van der Waals surface area contributed by atoms with Crippen molar-refractivity contribution in [3.63, 3.8) is 0 Å². The average Bonchev–Trinajstić information content (AvgIpc) is 2.83. The number of carbonyl (C=O) groups excluding carboxylic acids is 1. The van der Waals surface area contributed by atoms with Gasteiger partial charge in [0.1, 0.15) is 17.5 Å². The second-order valence-corrected chi connectivity index (χ2v) is 11.7. The van der Waals surface area contributed by atoms with Gasteiger partial charge in [-0.05, 0) is 37.6 Å². The molecule has 7 nitrogen and oxygen atoms in total. The van der Waals surface area contributed by atoms with Crippen molar-refractivity contribution >= 4 is 44.4 Å². The highest BCUT2D eigenvalue weighted by Crippen LogP contribution is 2.34. The van der Waals surface area contributed by atoms with Gasteiger partial charge in [-0.3, -0.25) is 4.79 Å². The molecule has 0 unspecified atom stereocenters. The van der Waals surface area contributed by atoms with E-state index in [9.17, 15) is 26.4 Å². The van der Waals surface area contributed by atoms with Crippen LogP contribution in [0.3, 0.4) is 0 Å². The molecule has 198 valence electrons. The van der Waals surface area contributed by atoms with Gasteiger partial charge in [-0.15, -0.1) is 0 Å². The third-order valence-electron chi connectivity index (χ3n) is 6.71. The van der Waals surface area contributed by atoms with Gasteiger partial charge in [-0.2, -0.15) is 0 Å². The Hall–Kier alpha value is -3.05. The molecule has 0 bridgehead atoms. The van der Waals surface area contributed by atoms with Crippen LogP contribution in [0, 0.1) is 22.9 Å². The summed E-state index contributed by atoms with van der Waals surface area (Å²) in [6.07, 6.45) is 0.215. The second-order valence-electron chi connectivity index (χ2n) is 9.03. The van der Waals surface area contributed by atoms with E-state index in [1.807, 2.05) is 0 Å². The molecule has 2 aromatic carbocycles. The zero-order valence-electron chi connectivity index (χ0n) is 20.2. The van der Waals surface area contributed by atoms with Crippen LogP contribution in [-0.2, 0) is 9.84 Å². The van der Waals surface area contributed by atoms with Crippen LogP contribution in [0.1, 0.15) is 29.3 Å². The Morgan fingerprint density at radius 1 is 1.03 bits per heavy atom. The minimum atomic E-state index is -3.17. The summed E-state index contributed by atoms with van der Waals surface area (Å²) in [6, 6.07) is 4.56. The van der Waals surface area contributed by atoms with Crippen LogP contribution in [0.25, 0.3) is 5.70 Å². The molecule has 2 aliphatic rings. The lowest BCUT2D eigenvalue weighted by Crippen LogP contribution is -2.48. The third-order valence-corrected chi connectivity index (χ3v) is 8.72. The fourth-order valence-electron chi connectivity index (χ4n) is 4.74. The van der Waals surface area contributed by atoms with Crippen LogP contribution < -0.4 is 10.2 Å². The van der Waals surface area contributed by atoms with Gasteiger partial charge in [0.2, 0.25) is 0 Å². The molecule has 4 rings (SSSR count). The molecule has 0 saturated carbocycles. The summed E-state index contributed by atoms with van der Waals surface area (Å²) in [6.45, 7) is 2.06. The number of piperidine rings is 1. The summed E-state index contributed by atoms with van der Waals surface area (Å²) >= 11 is 6.55. The molecule has 1 amide bonds. The van der Waals surface area contributed by atoms with E-state index in [1.54, 1.807) is 18.9 Å². The summed E-state index contributed by atoms with van der Waals surface area (Å²) in [5.74, 6) is -2.96. The fourth-order valence-corrected chi connectivity index (χ4v) is 6.25. The van der Waals surface area contributed by atoms with Crippen molar-refractivity contribution in [2.75, 3.05) is 43.1 Å². The first-order valence-electron chi connectivity index (χ1n) is 11.6. The van der Waals surface area contributed by atoms with Crippen molar-refractivity contribution in [3.05, 3.63) is 69.5 Å². The molecule has 2 aliphatic heterocycles. The monoisotopic (exact) mass is 554 g/mol. The number of benzene rings is 2. The highest BCUT2D eigenvalue weighted by molar-refractivity contribution is 7.91. The zero-order valence-corrected chi connectivity index (χ0v) is 21.8. The summed E-state index contributed by atoms with van der Waals surface area (Å²) in [5.41, 5.74) is 1.36. The lowest BCUT2D eigenvalue weighted by atomic mass is 9.90. The van der Waals surface area contributed by atoms with E-state index in [2.05, 4.69) is 5.32 Å². The van der Waals surface area contributed by atoms with Gasteiger partial charge in [0.05, 0.1) is 39.5 Å². The summed E-state index contributed by atoms with van der Waals surface area (Å²) in [4.78, 5) is 16.5. The Bertz CT molecular complexity index is 1380. The number of nitrogens with zero attached hydrogens (tertiary/aromatic N) is 2. The molecule has 37 heavy (non-hydrogen) atoms. The van der Waals surface area contributed by atoms with E-state index in [0.29, 0.717) is 11.3 Å². The molecule has 0 radical (unpaired) electrons. The van der Waals surface area contributed by atoms with Crippen molar-refractivity contribution in [1.82, 2.24) is 10.2 Å². The zero-order chi connectivity index (χ0) is 27.1. The Balaban J connectivity index is 1.63. The number of carbonyl (C=O) groups is 1. The summed E-state index contributed by atoms with van der Waals surface area (Å²) < 4.78 is 65.8. The molecule has 2 fully saturated rings. The summed E-state index contributed by atoms with van der Waals surface area (Å²) in [7, 11) is -1.59. The largest absolute Gasteiger partial charge is 0.387 e. The van der Waals surface area contributed by atoms with E-state index in [1.165, 1.54) is 11.0 Å². The fraction of sp³-hybridized carbons (Fsp3) is 0.360. The first-order valence-corrected chi connectivity index (χ1v) is 13.8. The average molecular weight is 555 g/mol. The van der Waals surface area contributed by atoms with E-state index in [4.69, 9.17) is 17.0 Å².